The van der Waals surface area contributed by atoms with Crippen molar-refractivity contribution in [3.8, 4) is 0 Å². The lowest BCUT2D eigenvalue weighted by atomic mass is 10.0. The average Bonchev–Trinajstić information content (AvgIpc) is 2.71. The quantitative estimate of drug-likeness (QED) is 0.732. The minimum Gasteiger partial charge on any atom is -0.391 e. The zero-order valence-electron chi connectivity index (χ0n) is 9.39. The van der Waals surface area contributed by atoms with Gasteiger partial charge in [-0.3, -0.25) is 4.90 Å². The van der Waals surface area contributed by atoms with Crippen LogP contribution in [-0.4, -0.2) is 61.7 Å². The molecule has 0 bridgehead atoms. The molecule has 0 saturated carbocycles. The molecule has 2 rings (SSSR count). The Morgan fingerprint density at radius 1 is 1.33 bits per heavy atom. The maximum Gasteiger partial charge on any atom is 0.0739 e. The van der Waals surface area contributed by atoms with Crippen molar-refractivity contribution in [2.45, 2.75) is 37.5 Å². The van der Waals surface area contributed by atoms with Gasteiger partial charge in [-0.25, -0.2) is 0 Å². The van der Waals surface area contributed by atoms with Gasteiger partial charge >= 0.3 is 0 Å². The maximum atomic E-state index is 9.85. The van der Waals surface area contributed by atoms with E-state index >= 15 is 0 Å². The smallest absolute Gasteiger partial charge is 0.0739 e. The van der Waals surface area contributed by atoms with Crippen LogP contribution in [0.5, 0.6) is 0 Å². The van der Waals surface area contributed by atoms with Crippen molar-refractivity contribution in [1.29, 1.82) is 0 Å². The number of rotatable bonds is 3. The average molecular weight is 215 g/mol. The summed E-state index contributed by atoms with van der Waals surface area (Å²) in [6.07, 6.45) is 3.17. The Hall–Kier alpha value is -0.160. The summed E-state index contributed by atoms with van der Waals surface area (Å²) in [6.45, 7) is 3.13. The first-order chi connectivity index (χ1) is 7.27. The monoisotopic (exact) mass is 215 g/mol. The van der Waals surface area contributed by atoms with E-state index in [-0.39, 0.29) is 12.1 Å². The molecule has 2 saturated heterocycles. The fourth-order valence-electron chi connectivity index (χ4n) is 2.38. The predicted octanol–water partition coefficient (Wildman–Crippen LogP) is 0.247. The van der Waals surface area contributed by atoms with Gasteiger partial charge in [-0.05, 0) is 26.3 Å². The van der Waals surface area contributed by atoms with Gasteiger partial charge < -0.3 is 14.6 Å². The van der Waals surface area contributed by atoms with E-state index in [1.54, 1.807) is 0 Å². The molecule has 4 nitrogen and oxygen atoms in total. The van der Waals surface area contributed by atoms with E-state index < -0.39 is 0 Å². The van der Waals surface area contributed by atoms with Crippen molar-refractivity contribution < 1.29 is 14.6 Å². The Kier molecular flexibility index (Phi) is 3.97. The number of hydrogen-bond donors (Lipinski definition) is 1. The van der Waals surface area contributed by atoms with Crippen molar-refractivity contribution in [2.75, 3.05) is 33.4 Å². The van der Waals surface area contributed by atoms with Crippen LogP contribution >= 0.6 is 0 Å². The maximum absolute atomic E-state index is 9.85. The Morgan fingerprint density at radius 3 is 2.87 bits per heavy atom. The van der Waals surface area contributed by atoms with Gasteiger partial charge in [-0.1, -0.05) is 0 Å². The highest BCUT2D eigenvalue weighted by molar-refractivity contribution is 4.82. The first-order valence-electron chi connectivity index (χ1n) is 5.85. The van der Waals surface area contributed by atoms with E-state index in [2.05, 4.69) is 4.90 Å². The van der Waals surface area contributed by atoms with Crippen molar-refractivity contribution in [2.24, 2.45) is 0 Å². The Morgan fingerprint density at radius 2 is 2.20 bits per heavy atom. The summed E-state index contributed by atoms with van der Waals surface area (Å²) in [5, 5.41) is 9.85. The van der Waals surface area contributed by atoms with Gasteiger partial charge in [-0.2, -0.15) is 0 Å². The molecule has 4 heteroatoms. The third-order valence-electron chi connectivity index (χ3n) is 3.37. The molecule has 0 aromatic carbocycles. The molecular formula is C11H21NO3. The standard InChI is InChI=1S/C11H21NO3/c1-12(7-9-3-2-5-15-9)10-8-14-6-4-11(10)13/h9-11,13H,2-8H2,1H3. The molecule has 0 amide bonds. The van der Waals surface area contributed by atoms with E-state index in [0.29, 0.717) is 19.3 Å². The molecule has 15 heavy (non-hydrogen) atoms. The predicted molar refractivity (Wildman–Crippen MR) is 56.8 cm³/mol. The number of ether oxygens (including phenoxy) is 2. The van der Waals surface area contributed by atoms with Crippen LogP contribution in [0.15, 0.2) is 0 Å². The van der Waals surface area contributed by atoms with E-state index in [1.165, 1.54) is 6.42 Å². The molecule has 0 spiro atoms. The summed E-state index contributed by atoms with van der Waals surface area (Å²) in [5.41, 5.74) is 0. The minimum absolute atomic E-state index is 0.142. The fraction of sp³-hybridized carbons (Fsp3) is 1.00. The molecular weight excluding hydrogens is 194 g/mol. The van der Waals surface area contributed by atoms with Crippen LogP contribution in [0.4, 0.5) is 0 Å². The highest BCUT2D eigenvalue weighted by Crippen LogP contribution is 2.17. The van der Waals surface area contributed by atoms with Crippen LogP contribution in [-0.2, 0) is 9.47 Å². The lowest BCUT2D eigenvalue weighted by molar-refractivity contribution is -0.0635. The number of aliphatic hydroxyl groups is 1. The molecule has 3 unspecified atom stereocenters. The molecule has 3 atom stereocenters. The molecule has 0 radical (unpaired) electrons. The molecule has 88 valence electrons. The van der Waals surface area contributed by atoms with Crippen LogP contribution in [0, 0.1) is 0 Å². The molecule has 2 heterocycles. The van der Waals surface area contributed by atoms with Crippen molar-refractivity contribution in [1.82, 2.24) is 4.90 Å². The van der Waals surface area contributed by atoms with Gasteiger partial charge in [0.1, 0.15) is 0 Å². The van der Waals surface area contributed by atoms with Gasteiger partial charge in [0.2, 0.25) is 0 Å². The topological polar surface area (TPSA) is 41.9 Å². The van der Waals surface area contributed by atoms with Gasteiger partial charge in [0.05, 0.1) is 24.9 Å². The second-order valence-corrected chi connectivity index (χ2v) is 4.57. The van der Waals surface area contributed by atoms with Crippen LogP contribution < -0.4 is 0 Å². The van der Waals surface area contributed by atoms with Gasteiger partial charge in [0.25, 0.3) is 0 Å². The molecule has 0 aliphatic carbocycles. The van der Waals surface area contributed by atoms with E-state index in [9.17, 15) is 5.11 Å². The number of likely N-dealkylation sites (N-methyl/N-ethyl adjacent to an activating group) is 1. The van der Waals surface area contributed by atoms with Crippen molar-refractivity contribution >= 4 is 0 Å². The van der Waals surface area contributed by atoms with Crippen LogP contribution in [0.2, 0.25) is 0 Å². The molecule has 0 aromatic rings. The number of nitrogens with zero attached hydrogens (tertiary/aromatic N) is 1. The van der Waals surface area contributed by atoms with E-state index in [0.717, 1.165) is 26.0 Å². The van der Waals surface area contributed by atoms with E-state index in [1.807, 2.05) is 7.05 Å². The zero-order valence-corrected chi connectivity index (χ0v) is 9.39. The van der Waals surface area contributed by atoms with Crippen LogP contribution in [0.3, 0.4) is 0 Å². The second kappa shape index (κ2) is 5.25. The normalized spacial score (nSPS) is 37.4. The van der Waals surface area contributed by atoms with Gasteiger partial charge in [0, 0.05) is 19.8 Å². The summed E-state index contributed by atoms with van der Waals surface area (Å²) in [5.74, 6) is 0. The van der Waals surface area contributed by atoms with Crippen molar-refractivity contribution in [3.63, 3.8) is 0 Å². The van der Waals surface area contributed by atoms with Gasteiger partial charge in [0.15, 0.2) is 0 Å². The van der Waals surface area contributed by atoms with Crippen molar-refractivity contribution in [3.05, 3.63) is 0 Å². The lowest BCUT2D eigenvalue weighted by Gasteiger charge is -2.35. The zero-order chi connectivity index (χ0) is 10.7. The van der Waals surface area contributed by atoms with Gasteiger partial charge in [-0.15, -0.1) is 0 Å². The third-order valence-corrected chi connectivity index (χ3v) is 3.37. The summed E-state index contributed by atoms with van der Waals surface area (Å²) in [7, 11) is 2.05. The largest absolute Gasteiger partial charge is 0.391 e. The second-order valence-electron chi connectivity index (χ2n) is 4.57. The number of aliphatic hydroxyl groups excluding tert-OH is 1. The third kappa shape index (κ3) is 2.91. The SMILES string of the molecule is CN(CC1CCCO1)C1COCCC1O. The highest BCUT2D eigenvalue weighted by Gasteiger charge is 2.29. The molecule has 0 aromatic heterocycles. The summed E-state index contributed by atoms with van der Waals surface area (Å²) in [4.78, 5) is 2.18. The molecule has 1 N–H and O–H groups in total. The summed E-state index contributed by atoms with van der Waals surface area (Å²) < 4.78 is 11.0. The Bertz CT molecular complexity index is 194. The first-order valence-corrected chi connectivity index (χ1v) is 5.85. The Balaban J connectivity index is 1.80. The summed E-state index contributed by atoms with van der Waals surface area (Å²) in [6, 6.07) is 0.142. The molecule has 2 fully saturated rings. The number of hydrogen-bond acceptors (Lipinski definition) is 4. The highest BCUT2D eigenvalue weighted by atomic mass is 16.5. The Labute approximate surface area is 91.2 Å². The van der Waals surface area contributed by atoms with Crippen LogP contribution in [0.1, 0.15) is 19.3 Å². The molecule has 2 aliphatic rings. The first kappa shape index (κ1) is 11.3. The van der Waals surface area contributed by atoms with Crippen LogP contribution in [0.25, 0.3) is 0 Å². The van der Waals surface area contributed by atoms with E-state index in [4.69, 9.17) is 9.47 Å². The fourth-order valence-corrected chi connectivity index (χ4v) is 2.38. The summed E-state index contributed by atoms with van der Waals surface area (Å²) >= 11 is 0. The molecule has 2 aliphatic heterocycles. The minimum atomic E-state index is -0.245. The lowest BCUT2D eigenvalue weighted by Crippen LogP contribution is -2.50.